The molecule has 0 atom stereocenters. The van der Waals surface area contributed by atoms with Crippen LogP contribution in [-0.4, -0.2) is 30.3 Å². The van der Waals surface area contributed by atoms with E-state index in [-0.39, 0.29) is 17.8 Å². The van der Waals surface area contributed by atoms with Crippen LogP contribution in [0, 0.1) is 22.9 Å². The molecular formula is C11H12FN3O4. The molecule has 1 aromatic rings. The van der Waals surface area contributed by atoms with E-state index < -0.39 is 28.1 Å². The summed E-state index contributed by atoms with van der Waals surface area (Å²) in [6.45, 7) is 0.981. The highest BCUT2D eigenvalue weighted by atomic mass is 19.1. The first-order valence-corrected chi connectivity index (χ1v) is 5.30. The lowest BCUT2D eigenvalue weighted by molar-refractivity contribution is -0.385. The highest BCUT2D eigenvalue weighted by Gasteiger charge is 2.19. The van der Waals surface area contributed by atoms with Gasteiger partial charge in [0.25, 0.3) is 11.6 Å². The second-order valence-corrected chi connectivity index (χ2v) is 3.74. The molecule has 8 heteroatoms. The van der Waals surface area contributed by atoms with Crippen LogP contribution in [-0.2, 0) is 4.79 Å². The predicted molar refractivity (Wildman–Crippen MR) is 64.2 cm³/mol. The molecule has 0 aromatic heterocycles. The van der Waals surface area contributed by atoms with E-state index in [1.54, 1.807) is 0 Å². The summed E-state index contributed by atoms with van der Waals surface area (Å²) in [7, 11) is 1.38. The Labute approximate surface area is 107 Å². The molecule has 0 heterocycles. The van der Waals surface area contributed by atoms with Crippen molar-refractivity contribution in [3.05, 3.63) is 39.2 Å². The van der Waals surface area contributed by atoms with Gasteiger partial charge in [0.1, 0.15) is 5.82 Å². The molecule has 0 unspecified atom stereocenters. The number of nitrogens with one attached hydrogen (secondary N) is 2. The van der Waals surface area contributed by atoms with Crippen molar-refractivity contribution in [2.24, 2.45) is 0 Å². The fourth-order valence-corrected chi connectivity index (χ4v) is 1.37. The highest BCUT2D eigenvalue weighted by Crippen LogP contribution is 2.20. The van der Waals surface area contributed by atoms with Crippen LogP contribution in [0.4, 0.5) is 10.1 Å². The molecule has 1 aromatic carbocycles. The minimum atomic E-state index is -0.882. The van der Waals surface area contributed by atoms with E-state index in [4.69, 9.17) is 0 Å². The highest BCUT2D eigenvalue weighted by molar-refractivity contribution is 5.97. The Hall–Kier alpha value is -2.51. The summed E-state index contributed by atoms with van der Waals surface area (Å²) in [4.78, 5) is 32.5. The number of carbonyl (C=O) groups excluding carboxylic acids is 2. The lowest BCUT2D eigenvalue weighted by Gasteiger charge is -2.07. The molecule has 2 amide bonds. The Morgan fingerprint density at radius 3 is 2.58 bits per heavy atom. The number of nitro benzene ring substituents is 1. The fraction of sp³-hybridized carbons (Fsp3) is 0.273. The third-order valence-electron chi connectivity index (χ3n) is 2.38. The van der Waals surface area contributed by atoms with E-state index in [1.807, 2.05) is 0 Å². The maximum atomic E-state index is 13.7. The van der Waals surface area contributed by atoms with Gasteiger partial charge in [0, 0.05) is 19.2 Å². The summed E-state index contributed by atoms with van der Waals surface area (Å²) in [6.07, 6.45) is 0. The number of rotatable bonds is 4. The average molecular weight is 269 g/mol. The van der Waals surface area contributed by atoms with Gasteiger partial charge in [-0.25, -0.2) is 4.39 Å². The minimum Gasteiger partial charge on any atom is -0.358 e. The standard InChI is InChI=1S/C11H12FN3O4/c1-6-3-7(15(18)19)4-8(10(6)12)11(17)14-5-9(16)13-2/h3-4H,5H2,1-2H3,(H,13,16)(H,14,17). The fourth-order valence-electron chi connectivity index (χ4n) is 1.37. The number of amides is 2. The second-order valence-electron chi connectivity index (χ2n) is 3.74. The number of aryl methyl sites for hydroxylation is 1. The summed E-state index contributed by atoms with van der Waals surface area (Å²) in [5.41, 5.74) is -0.862. The molecule has 0 aliphatic rings. The van der Waals surface area contributed by atoms with Gasteiger partial charge in [-0.2, -0.15) is 0 Å². The zero-order chi connectivity index (χ0) is 14.6. The molecule has 102 valence electrons. The van der Waals surface area contributed by atoms with E-state index in [2.05, 4.69) is 10.6 Å². The summed E-state index contributed by atoms with van der Waals surface area (Å²) in [5.74, 6) is -2.19. The van der Waals surface area contributed by atoms with Crippen LogP contribution in [0.15, 0.2) is 12.1 Å². The molecule has 19 heavy (non-hydrogen) atoms. The zero-order valence-corrected chi connectivity index (χ0v) is 10.3. The Kier molecular flexibility index (Phi) is 4.51. The van der Waals surface area contributed by atoms with Gasteiger partial charge in [-0.1, -0.05) is 0 Å². The van der Waals surface area contributed by atoms with Crippen LogP contribution in [0.25, 0.3) is 0 Å². The van der Waals surface area contributed by atoms with Crippen LogP contribution in [0.5, 0.6) is 0 Å². The van der Waals surface area contributed by atoms with E-state index in [0.717, 1.165) is 12.1 Å². The van der Waals surface area contributed by atoms with E-state index in [9.17, 15) is 24.1 Å². The first-order valence-electron chi connectivity index (χ1n) is 5.30. The zero-order valence-electron chi connectivity index (χ0n) is 10.3. The monoisotopic (exact) mass is 269 g/mol. The normalized spacial score (nSPS) is 9.84. The van der Waals surface area contributed by atoms with Gasteiger partial charge in [-0.15, -0.1) is 0 Å². The van der Waals surface area contributed by atoms with Crippen LogP contribution in [0.1, 0.15) is 15.9 Å². The number of hydrogen-bond donors (Lipinski definition) is 2. The predicted octanol–water partition coefficient (Wildman–Crippen LogP) is 0.518. The Morgan fingerprint density at radius 1 is 1.42 bits per heavy atom. The average Bonchev–Trinajstić information content (AvgIpc) is 2.38. The largest absolute Gasteiger partial charge is 0.358 e. The number of hydrogen-bond acceptors (Lipinski definition) is 4. The van der Waals surface area contributed by atoms with Crippen molar-refractivity contribution in [2.75, 3.05) is 13.6 Å². The van der Waals surface area contributed by atoms with Gasteiger partial charge >= 0.3 is 0 Å². The van der Waals surface area contributed by atoms with Gasteiger partial charge in [0.2, 0.25) is 5.91 Å². The quantitative estimate of drug-likeness (QED) is 0.614. The molecular weight excluding hydrogens is 257 g/mol. The maximum absolute atomic E-state index is 13.7. The van der Waals surface area contributed by atoms with Crippen LogP contribution >= 0.6 is 0 Å². The molecule has 0 bridgehead atoms. The second kappa shape index (κ2) is 5.89. The number of halogens is 1. The van der Waals surface area contributed by atoms with Crippen LogP contribution < -0.4 is 10.6 Å². The molecule has 2 N–H and O–H groups in total. The van der Waals surface area contributed by atoms with Gasteiger partial charge in [-0.05, 0) is 12.5 Å². The van der Waals surface area contributed by atoms with Crippen molar-refractivity contribution in [3.8, 4) is 0 Å². The van der Waals surface area contributed by atoms with E-state index in [1.165, 1.54) is 14.0 Å². The number of benzene rings is 1. The minimum absolute atomic E-state index is 0.0145. The molecule has 0 aliphatic heterocycles. The summed E-state index contributed by atoms with van der Waals surface area (Å²) in [6, 6.07) is 1.87. The molecule has 1 rings (SSSR count). The molecule has 0 aliphatic carbocycles. The van der Waals surface area contributed by atoms with Gasteiger partial charge in [-0.3, -0.25) is 19.7 Å². The molecule has 0 fully saturated rings. The van der Waals surface area contributed by atoms with Crippen molar-refractivity contribution in [2.45, 2.75) is 6.92 Å². The topological polar surface area (TPSA) is 101 Å². The lowest BCUT2D eigenvalue weighted by Crippen LogP contribution is -2.35. The Morgan fingerprint density at radius 2 is 2.05 bits per heavy atom. The van der Waals surface area contributed by atoms with Crippen molar-refractivity contribution in [1.29, 1.82) is 0 Å². The summed E-state index contributed by atoms with van der Waals surface area (Å²) < 4.78 is 13.7. The van der Waals surface area contributed by atoms with Crippen LogP contribution in [0.2, 0.25) is 0 Å². The van der Waals surface area contributed by atoms with E-state index >= 15 is 0 Å². The van der Waals surface area contributed by atoms with Crippen molar-refractivity contribution >= 4 is 17.5 Å². The first kappa shape index (κ1) is 14.6. The summed E-state index contributed by atoms with van der Waals surface area (Å²) in [5, 5.41) is 15.1. The third kappa shape index (κ3) is 3.47. The lowest BCUT2D eigenvalue weighted by atomic mass is 10.1. The molecule has 0 saturated heterocycles. The molecule has 0 spiro atoms. The smallest absolute Gasteiger partial charge is 0.270 e. The number of nitro groups is 1. The number of nitrogens with zero attached hydrogens (tertiary/aromatic N) is 1. The molecule has 0 radical (unpaired) electrons. The SMILES string of the molecule is CNC(=O)CNC(=O)c1cc([N+](=O)[O-])cc(C)c1F. The maximum Gasteiger partial charge on any atom is 0.270 e. The van der Waals surface area contributed by atoms with Gasteiger partial charge in [0.15, 0.2) is 0 Å². The Bertz CT molecular complexity index is 545. The van der Waals surface area contributed by atoms with Crippen molar-refractivity contribution in [1.82, 2.24) is 10.6 Å². The van der Waals surface area contributed by atoms with Gasteiger partial charge < -0.3 is 10.6 Å². The molecule has 7 nitrogen and oxygen atoms in total. The first-order chi connectivity index (χ1) is 8.86. The van der Waals surface area contributed by atoms with Crippen molar-refractivity contribution in [3.63, 3.8) is 0 Å². The Balaban J connectivity index is 3.02. The van der Waals surface area contributed by atoms with Crippen molar-refractivity contribution < 1.29 is 18.9 Å². The summed E-state index contributed by atoms with van der Waals surface area (Å²) >= 11 is 0. The van der Waals surface area contributed by atoms with Crippen LogP contribution in [0.3, 0.4) is 0 Å². The number of carbonyl (C=O) groups is 2. The van der Waals surface area contributed by atoms with E-state index in [0.29, 0.717) is 0 Å². The number of likely N-dealkylation sites (N-methyl/N-ethyl adjacent to an activating group) is 1. The third-order valence-corrected chi connectivity index (χ3v) is 2.38. The molecule has 0 saturated carbocycles. The van der Waals surface area contributed by atoms with Gasteiger partial charge in [0.05, 0.1) is 17.0 Å². The number of non-ortho nitro benzene ring substituents is 1.